The summed E-state index contributed by atoms with van der Waals surface area (Å²) < 4.78 is 2.01. The second kappa shape index (κ2) is 6.89. The van der Waals surface area contributed by atoms with Crippen LogP contribution in [0.15, 0.2) is 42.5 Å². The highest BCUT2D eigenvalue weighted by Crippen LogP contribution is 2.35. The fourth-order valence-corrected chi connectivity index (χ4v) is 3.96. The number of hydrogen-bond donors (Lipinski definition) is 0. The SMILES string of the molecule is CC(=O)C(C)n1c(C2CC(=O)N(c3ccc(C)c(C)c3)C2)nc2ccccc21. The zero-order valence-electron chi connectivity index (χ0n) is 16.8. The summed E-state index contributed by atoms with van der Waals surface area (Å²) >= 11 is 0. The minimum atomic E-state index is -0.312. The van der Waals surface area contributed by atoms with Gasteiger partial charge in [-0.25, -0.2) is 4.98 Å². The predicted molar refractivity (Wildman–Crippen MR) is 111 cm³/mol. The fraction of sp³-hybridized carbons (Fsp3) is 0.348. The van der Waals surface area contributed by atoms with Gasteiger partial charge < -0.3 is 9.47 Å². The van der Waals surface area contributed by atoms with Crippen LogP contribution in [-0.2, 0) is 9.59 Å². The molecule has 0 N–H and O–H groups in total. The molecule has 1 saturated heterocycles. The molecular weight excluding hydrogens is 350 g/mol. The first-order chi connectivity index (χ1) is 13.4. The standard InChI is InChI=1S/C23H25N3O2/c1-14-9-10-19(11-15(14)2)25-13-18(12-22(25)28)23-24-20-7-5-6-8-21(20)26(23)16(3)17(4)27/h5-11,16,18H,12-13H2,1-4H3. The Bertz CT molecular complexity index is 1080. The van der Waals surface area contributed by atoms with E-state index in [1.807, 2.05) is 46.7 Å². The molecule has 0 spiro atoms. The van der Waals surface area contributed by atoms with Crippen molar-refractivity contribution in [2.45, 2.75) is 46.1 Å². The molecule has 1 aliphatic rings. The van der Waals surface area contributed by atoms with E-state index in [0.717, 1.165) is 22.5 Å². The maximum absolute atomic E-state index is 12.8. The number of carbonyl (C=O) groups is 2. The molecule has 0 bridgehead atoms. The predicted octanol–water partition coefficient (Wildman–Crippen LogP) is 4.32. The van der Waals surface area contributed by atoms with Gasteiger partial charge in [-0.05, 0) is 63.1 Å². The van der Waals surface area contributed by atoms with Crippen LogP contribution in [0.4, 0.5) is 5.69 Å². The molecule has 4 rings (SSSR count). The first-order valence-corrected chi connectivity index (χ1v) is 9.71. The molecule has 3 aromatic rings. The van der Waals surface area contributed by atoms with Crippen LogP contribution in [0.5, 0.6) is 0 Å². The Labute approximate surface area is 165 Å². The Morgan fingerprint density at radius 2 is 1.89 bits per heavy atom. The molecule has 2 unspecified atom stereocenters. The zero-order valence-corrected chi connectivity index (χ0v) is 16.8. The van der Waals surface area contributed by atoms with Crippen LogP contribution < -0.4 is 4.90 Å². The average molecular weight is 375 g/mol. The first kappa shape index (κ1) is 18.4. The van der Waals surface area contributed by atoms with Crippen molar-refractivity contribution in [1.82, 2.24) is 9.55 Å². The van der Waals surface area contributed by atoms with Crippen molar-refractivity contribution in [2.75, 3.05) is 11.4 Å². The zero-order chi connectivity index (χ0) is 20.0. The lowest BCUT2D eigenvalue weighted by atomic mass is 10.1. The summed E-state index contributed by atoms with van der Waals surface area (Å²) in [7, 11) is 0. The second-order valence-corrected chi connectivity index (χ2v) is 7.79. The van der Waals surface area contributed by atoms with Crippen LogP contribution in [0.25, 0.3) is 11.0 Å². The number of amides is 1. The molecule has 2 atom stereocenters. The van der Waals surface area contributed by atoms with E-state index in [2.05, 4.69) is 26.0 Å². The molecule has 0 aliphatic carbocycles. The monoisotopic (exact) mass is 375 g/mol. The Kier molecular flexibility index (Phi) is 4.53. The molecule has 0 saturated carbocycles. The molecule has 2 heterocycles. The lowest BCUT2D eigenvalue weighted by Gasteiger charge is -2.20. The van der Waals surface area contributed by atoms with Crippen LogP contribution in [-0.4, -0.2) is 27.8 Å². The van der Waals surface area contributed by atoms with Gasteiger partial charge in [-0.3, -0.25) is 9.59 Å². The maximum atomic E-state index is 12.8. The number of aromatic nitrogens is 2. The van der Waals surface area contributed by atoms with Gasteiger partial charge in [-0.1, -0.05) is 18.2 Å². The number of fused-ring (bicyclic) bond motifs is 1. The first-order valence-electron chi connectivity index (χ1n) is 9.71. The maximum Gasteiger partial charge on any atom is 0.227 e. The van der Waals surface area contributed by atoms with Gasteiger partial charge in [0.2, 0.25) is 5.91 Å². The Morgan fingerprint density at radius 3 is 2.61 bits per heavy atom. The smallest absolute Gasteiger partial charge is 0.227 e. The van der Waals surface area contributed by atoms with Crippen LogP contribution in [0.2, 0.25) is 0 Å². The van der Waals surface area contributed by atoms with Crippen molar-refractivity contribution in [3.63, 3.8) is 0 Å². The molecular formula is C23H25N3O2. The van der Waals surface area contributed by atoms with Crippen LogP contribution in [0.3, 0.4) is 0 Å². The molecule has 0 radical (unpaired) electrons. The molecule has 2 aromatic carbocycles. The third-order valence-electron chi connectivity index (χ3n) is 5.89. The van der Waals surface area contributed by atoms with Gasteiger partial charge in [0, 0.05) is 24.6 Å². The number of rotatable bonds is 4. The van der Waals surface area contributed by atoms with E-state index in [4.69, 9.17) is 4.98 Å². The van der Waals surface area contributed by atoms with E-state index in [-0.39, 0.29) is 23.7 Å². The van der Waals surface area contributed by atoms with E-state index in [0.29, 0.717) is 13.0 Å². The number of para-hydroxylation sites is 2. The Hall–Kier alpha value is -2.95. The molecule has 28 heavy (non-hydrogen) atoms. The summed E-state index contributed by atoms with van der Waals surface area (Å²) in [6, 6.07) is 13.7. The topological polar surface area (TPSA) is 55.2 Å². The molecule has 5 heteroatoms. The van der Waals surface area contributed by atoms with Crippen molar-refractivity contribution in [3.05, 3.63) is 59.4 Å². The number of nitrogens with zero attached hydrogens (tertiary/aromatic N) is 3. The summed E-state index contributed by atoms with van der Waals surface area (Å²) in [5.41, 5.74) is 5.12. The Balaban J connectivity index is 1.75. The number of hydrogen-bond acceptors (Lipinski definition) is 3. The number of carbonyl (C=O) groups excluding carboxylic acids is 2. The lowest BCUT2D eigenvalue weighted by Crippen LogP contribution is -2.25. The minimum Gasteiger partial charge on any atom is -0.317 e. The molecule has 1 aliphatic heterocycles. The van der Waals surface area contributed by atoms with Crippen molar-refractivity contribution >= 4 is 28.4 Å². The van der Waals surface area contributed by atoms with Crippen LogP contribution in [0.1, 0.15) is 49.2 Å². The third kappa shape index (κ3) is 3.01. The van der Waals surface area contributed by atoms with Gasteiger partial charge in [-0.2, -0.15) is 0 Å². The minimum absolute atomic E-state index is 0.0386. The average Bonchev–Trinajstić information content (AvgIpc) is 3.24. The fourth-order valence-electron chi connectivity index (χ4n) is 3.96. The summed E-state index contributed by atoms with van der Waals surface area (Å²) in [4.78, 5) is 31.6. The number of imidazole rings is 1. The third-order valence-corrected chi connectivity index (χ3v) is 5.89. The second-order valence-electron chi connectivity index (χ2n) is 7.79. The van der Waals surface area contributed by atoms with Gasteiger partial charge in [-0.15, -0.1) is 0 Å². The van der Waals surface area contributed by atoms with Crippen molar-refractivity contribution in [1.29, 1.82) is 0 Å². The summed E-state index contributed by atoms with van der Waals surface area (Å²) in [5.74, 6) is 0.967. The highest BCUT2D eigenvalue weighted by atomic mass is 16.2. The van der Waals surface area contributed by atoms with Gasteiger partial charge in [0.25, 0.3) is 0 Å². The number of anilines is 1. The van der Waals surface area contributed by atoms with Gasteiger partial charge in [0.05, 0.1) is 17.1 Å². The normalized spacial score (nSPS) is 18.1. The van der Waals surface area contributed by atoms with E-state index >= 15 is 0 Å². The van der Waals surface area contributed by atoms with Crippen LogP contribution >= 0.6 is 0 Å². The molecule has 1 aromatic heterocycles. The number of aryl methyl sites for hydroxylation is 2. The van der Waals surface area contributed by atoms with E-state index in [9.17, 15) is 9.59 Å². The van der Waals surface area contributed by atoms with E-state index in [1.54, 1.807) is 6.92 Å². The quantitative estimate of drug-likeness (QED) is 0.682. The number of Topliss-reactive ketones (excluding diaryl/α,β-unsaturated/α-hetero) is 1. The van der Waals surface area contributed by atoms with Crippen LogP contribution in [0, 0.1) is 13.8 Å². The van der Waals surface area contributed by atoms with Crippen molar-refractivity contribution in [3.8, 4) is 0 Å². The molecule has 5 nitrogen and oxygen atoms in total. The molecule has 1 fully saturated rings. The Morgan fingerprint density at radius 1 is 1.14 bits per heavy atom. The molecule has 1 amide bonds. The summed E-state index contributed by atoms with van der Waals surface area (Å²) in [6.45, 7) is 8.21. The highest BCUT2D eigenvalue weighted by Gasteiger charge is 2.36. The largest absolute Gasteiger partial charge is 0.317 e. The number of benzene rings is 2. The van der Waals surface area contributed by atoms with Crippen molar-refractivity contribution < 1.29 is 9.59 Å². The highest BCUT2D eigenvalue weighted by molar-refractivity contribution is 5.96. The number of ketones is 1. The van der Waals surface area contributed by atoms with Gasteiger partial charge >= 0.3 is 0 Å². The van der Waals surface area contributed by atoms with E-state index in [1.165, 1.54) is 11.1 Å². The lowest BCUT2D eigenvalue weighted by molar-refractivity contribution is -0.119. The van der Waals surface area contributed by atoms with E-state index < -0.39 is 0 Å². The van der Waals surface area contributed by atoms with Crippen molar-refractivity contribution in [2.24, 2.45) is 0 Å². The summed E-state index contributed by atoms with van der Waals surface area (Å²) in [6.07, 6.45) is 0.404. The van der Waals surface area contributed by atoms with Gasteiger partial charge in [0.15, 0.2) is 5.78 Å². The summed E-state index contributed by atoms with van der Waals surface area (Å²) in [5, 5.41) is 0. The van der Waals surface area contributed by atoms with Gasteiger partial charge in [0.1, 0.15) is 5.82 Å². The molecule has 144 valence electrons.